The molecule has 12 nitrogen and oxygen atoms in total. The van der Waals surface area contributed by atoms with Gasteiger partial charge in [-0.05, 0) is 31.4 Å². The lowest BCUT2D eigenvalue weighted by molar-refractivity contribution is -0.141. The highest BCUT2D eigenvalue weighted by atomic mass is 16.5. The summed E-state index contributed by atoms with van der Waals surface area (Å²) in [6.45, 7) is 1.11. The number of phenols is 1. The summed E-state index contributed by atoms with van der Waals surface area (Å²) >= 11 is 0. The van der Waals surface area contributed by atoms with E-state index in [0.717, 1.165) is 5.69 Å². The Labute approximate surface area is 178 Å². The van der Waals surface area contributed by atoms with Gasteiger partial charge >= 0.3 is 13.1 Å². The number of amides is 1. The van der Waals surface area contributed by atoms with Gasteiger partial charge in [0.2, 0.25) is 5.91 Å². The highest BCUT2D eigenvalue weighted by Gasteiger charge is 2.34. The second-order valence-corrected chi connectivity index (χ2v) is 7.22. The second kappa shape index (κ2) is 9.77. The maximum Gasteiger partial charge on any atom is 0.451 e. The first kappa shape index (κ1) is 22.5. The Morgan fingerprint density at radius 1 is 1.32 bits per heavy atom. The van der Waals surface area contributed by atoms with Crippen molar-refractivity contribution < 1.29 is 34.6 Å². The molecule has 1 aromatic heterocycles. The van der Waals surface area contributed by atoms with Crippen molar-refractivity contribution in [2.24, 2.45) is 0 Å². The highest BCUT2D eigenvalue weighted by molar-refractivity contribution is 6.41. The van der Waals surface area contributed by atoms with E-state index in [1.54, 1.807) is 18.1 Å². The molecule has 166 valence electrons. The number of aromatic hydroxyl groups is 1. The lowest BCUT2D eigenvalue weighted by Gasteiger charge is -2.39. The highest BCUT2D eigenvalue weighted by Crippen LogP contribution is 2.34. The maximum atomic E-state index is 12.4. The maximum absolute atomic E-state index is 12.4. The molecule has 0 unspecified atom stereocenters. The Bertz CT molecular complexity index is 945. The third kappa shape index (κ3) is 5.31. The van der Waals surface area contributed by atoms with Gasteiger partial charge in [-0.25, -0.2) is 9.48 Å². The molecule has 2 aromatic rings. The molecule has 1 aromatic carbocycles. The molecular formula is C18H24BN5O7. The van der Waals surface area contributed by atoms with Crippen LogP contribution < -0.4 is 10.1 Å². The van der Waals surface area contributed by atoms with Gasteiger partial charge < -0.3 is 35.2 Å². The number of benzene rings is 1. The van der Waals surface area contributed by atoms with E-state index in [4.69, 9.17) is 14.8 Å². The number of ether oxygens (including phenoxy) is 1. The van der Waals surface area contributed by atoms with Crippen molar-refractivity contribution in [1.29, 1.82) is 0 Å². The summed E-state index contributed by atoms with van der Waals surface area (Å²) in [5, 5.41) is 48.4. The zero-order valence-corrected chi connectivity index (χ0v) is 16.9. The van der Waals surface area contributed by atoms with Crippen molar-refractivity contribution in [2.75, 3.05) is 20.1 Å². The molecule has 3 rings (SSSR count). The number of nitrogens with one attached hydrogen (secondary N) is 1. The van der Waals surface area contributed by atoms with Crippen molar-refractivity contribution in [1.82, 2.24) is 25.2 Å². The van der Waals surface area contributed by atoms with Crippen LogP contribution in [-0.4, -0.2) is 85.4 Å². The summed E-state index contributed by atoms with van der Waals surface area (Å²) < 4.78 is 7.21. The van der Waals surface area contributed by atoms with E-state index in [1.165, 1.54) is 16.8 Å². The summed E-state index contributed by atoms with van der Waals surface area (Å²) in [4.78, 5) is 25.6. The van der Waals surface area contributed by atoms with Gasteiger partial charge in [0, 0.05) is 6.54 Å². The minimum absolute atomic E-state index is 0.0111. The number of carboxylic acids is 1. The third-order valence-electron chi connectivity index (χ3n) is 4.94. The van der Waals surface area contributed by atoms with Gasteiger partial charge in [-0.1, -0.05) is 11.3 Å². The fraction of sp³-hybridized carbons (Fsp3) is 0.444. The van der Waals surface area contributed by atoms with E-state index in [9.17, 15) is 19.8 Å². The van der Waals surface area contributed by atoms with Gasteiger partial charge in [0.05, 0.1) is 25.0 Å². The topological polar surface area (TPSA) is 170 Å². The number of aromatic carboxylic acids is 1. The van der Waals surface area contributed by atoms with Crippen molar-refractivity contribution >= 4 is 19.0 Å². The van der Waals surface area contributed by atoms with Crippen molar-refractivity contribution in [2.45, 2.75) is 31.9 Å². The number of aromatic nitrogens is 3. The molecule has 31 heavy (non-hydrogen) atoms. The molecule has 0 bridgehead atoms. The molecule has 1 amide bonds. The Hall–Kier alpha value is -3.16. The smallest absolute Gasteiger partial charge is 0.451 e. The molecule has 0 spiro atoms. The van der Waals surface area contributed by atoms with Gasteiger partial charge in [0.1, 0.15) is 29.7 Å². The predicted octanol–water partition coefficient (Wildman–Crippen LogP) is -1.29. The average molecular weight is 433 g/mol. The Morgan fingerprint density at radius 3 is 2.71 bits per heavy atom. The number of likely N-dealkylation sites (tertiary alicyclic amines) is 1. The van der Waals surface area contributed by atoms with Crippen LogP contribution in [0.2, 0.25) is 6.32 Å². The number of carboxylic acid groups (broad SMARTS) is 1. The third-order valence-corrected chi connectivity index (χ3v) is 4.94. The van der Waals surface area contributed by atoms with Crippen LogP contribution in [0.3, 0.4) is 0 Å². The summed E-state index contributed by atoms with van der Waals surface area (Å²) in [5.41, 5.74) is 0.655. The average Bonchev–Trinajstić information content (AvgIpc) is 3.10. The minimum atomic E-state index is -1.56. The fourth-order valence-electron chi connectivity index (χ4n) is 3.26. The summed E-state index contributed by atoms with van der Waals surface area (Å²) in [7, 11) is 0.219. The van der Waals surface area contributed by atoms with E-state index in [0.29, 0.717) is 6.54 Å². The molecule has 0 aliphatic carbocycles. The summed E-state index contributed by atoms with van der Waals surface area (Å²) in [6, 6.07) is 2.90. The minimum Gasteiger partial charge on any atom is -0.507 e. The second-order valence-electron chi connectivity index (χ2n) is 7.22. The fourth-order valence-corrected chi connectivity index (χ4v) is 3.26. The van der Waals surface area contributed by atoms with Crippen LogP contribution in [0.1, 0.15) is 21.6 Å². The molecule has 5 N–H and O–H groups in total. The quantitative estimate of drug-likeness (QED) is 0.284. The van der Waals surface area contributed by atoms with Crippen LogP contribution in [0.15, 0.2) is 18.3 Å². The van der Waals surface area contributed by atoms with Gasteiger partial charge in [-0.3, -0.25) is 4.79 Å². The number of aryl methyl sites for hydroxylation is 1. The lowest BCUT2D eigenvalue weighted by atomic mass is 9.82. The van der Waals surface area contributed by atoms with Gasteiger partial charge in [-0.15, -0.1) is 5.10 Å². The number of rotatable bonds is 10. The standard InChI is InChI=1S/C18H24BN5O7/c1-20-6-12-7-21-22-24(12)10-15(25)23-8-13(9-23)31-14-3-2-11(4-5-19(29)30)17(26)16(14)18(27)28/h2-3,7,13,20,26,29-30H,4-6,8-10H2,1H3,(H,27,28). The molecule has 0 saturated carbocycles. The number of nitrogens with zero attached hydrogens (tertiary/aromatic N) is 4. The van der Waals surface area contributed by atoms with Crippen LogP contribution in [-0.2, 0) is 24.3 Å². The van der Waals surface area contributed by atoms with E-state index in [-0.39, 0.29) is 49.6 Å². The van der Waals surface area contributed by atoms with Crippen LogP contribution in [0.25, 0.3) is 0 Å². The van der Waals surface area contributed by atoms with E-state index in [1.807, 2.05) is 0 Å². The summed E-state index contributed by atoms with van der Waals surface area (Å²) in [6.07, 6.45) is 1.21. The zero-order chi connectivity index (χ0) is 22.5. The van der Waals surface area contributed by atoms with Gasteiger partial charge in [0.15, 0.2) is 0 Å². The SMILES string of the molecule is CNCc1cnnn1CC(=O)N1CC(Oc2ccc(CCB(O)O)c(O)c2C(=O)O)C1. The Morgan fingerprint density at radius 2 is 2.06 bits per heavy atom. The zero-order valence-electron chi connectivity index (χ0n) is 16.9. The van der Waals surface area contributed by atoms with Crippen LogP contribution in [0.4, 0.5) is 0 Å². The first-order chi connectivity index (χ1) is 14.8. The van der Waals surface area contributed by atoms with Gasteiger partial charge in [-0.2, -0.15) is 0 Å². The number of hydrogen-bond acceptors (Lipinski definition) is 9. The van der Waals surface area contributed by atoms with Crippen molar-refractivity contribution in [3.8, 4) is 11.5 Å². The van der Waals surface area contributed by atoms with E-state index < -0.39 is 30.5 Å². The molecule has 1 saturated heterocycles. The lowest BCUT2D eigenvalue weighted by Crippen LogP contribution is -2.57. The molecule has 13 heteroatoms. The first-order valence-corrected chi connectivity index (χ1v) is 9.70. The van der Waals surface area contributed by atoms with Gasteiger partial charge in [0.25, 0.3) is 0 Å². The number of carbonyl (C=O) groups excluding carboxylic acids is 1. The van der Waals surface area contributed by atoms with Crippen LogP contribution in [0, 0.1) is 0 Å². The van der Waals surface area contributed by atoms with E-state index >= 15 is 0 Å². The Kier molecular flexibility index (Phi) is 7.10. The van der Waals surface area contributed by atoms with E-state index in [2.05, 4.69) is 15.6 Å². The number of carbonyl (C=O) groups is 2. The van der Waals surface area contributed by atoms with Crippen LogP contribution in [0.5, 0.6) is 11.5 Å². The molecule has 1 fully saturated rings. The molecule has 1 aliphatic heterocycles. The Balaban J connectivity index is 1.60. The molecule has 0 atom stereocenters. The van der Waals surface area contributed by atoms with Crippen LogP contribution >= 0.6 is 0 Å². The molecule has 1 aliphatic rings. The predicted molar refractivity (Wildman–Crippen MR) is 108 cm³/mol. The first-order valence-electron chi connectivity index (χ1n) is 9.70. The summed E-state index contributed by atoms with van der Waals surface area (Å²) in [5.74, 6) is -2.01. The molecule has 0 radical (unpaired) electrons. The van der Waals surface area contributed by atoms with Crippen molar-refractivity contribution in [3.63, 3.8) is 0 Å². The monoisotopic (exact) mass is 433 g/mol. The normalized spacial score (nSPS) is 13.7. The molecular weight excluding hydrogens is 409 g/mol. The largest absolute Gasteiger partial charge is 0.507 e. The number of hydrogen-bond donors (Lipinski definition) is 5. The van der Waals surface area contributed by atoms with Crippen molar-refractivity contribution in [3.05, 3.63) is 35.2 Å². The molecule has 2 heterocycles.